The fourth-order valence-electron chi connectivity index (χ4n) is 3.04. The van der Waals surface area contributed by atoms with Crippen molar-refractivity contribution >= 4 is 17.8 Å². The molecule has 0 spiro atoms. The second kappa shape index (κ2) is 10.9. The highest BCUT2D eigenvalue weighted by Crippen LogP contribution is 2.11. The van der Waals surface area contributed by atoms with E-state index in [1.165, 1.54) is 6.20 Å². The van der Waals surface area contributed by atoms with E-state index in [0.29, 0.717) is 19.3 Å². The molecule has 7 heteroatoms. The number of pyridine rings is 1. The highest BCUT2D eigenvalue weighted by Gasteiger charge is 2.28. The van der Waals surface area contributed by atoms with Gasteiger partial charge < -0.3 is 15.7 Å². The summed E-state index contributed by atoms with van der Waals surface area (Å²) in [6.45, 7) is 3.80. The van der Waals surface area contributed by atoms with E-state index in [4.69, 9.17) is 5.11 Å². The van der Waals surface area contributed by atoms with E-state index in [1.54, 1.807) is 18.2 Å². The number of hydrogen-bond donors (Lipinski definition) is 3. The van der Waals surface area contributed by atoms with Crippen LogP contribution in [0.1, 0.15) is 42.7 Å². The zero-order chi connectivity index (χ0) is 21.2. The third-order valence-electron chi connectivity index (χ3n) is 4.44. The first-order valence-electron chi connectivity index (χ1n) is 9.65. The average molecular weight is 397 g/mol. The van der Waals surface area contributed by atoms with Crippen LogP contribution in [-0.4, -0.2) is 40.0 Å². The van der Waals surface area contributed by atoms with Crippen LogP contribution in [-0.2, 0) is 11.2 Å². The van der Waals surface area contributed by atoms with Crippen LogP contribution < -0.4 is 10.6 Å². The molecule has 0 aliphatic heterocycles. The number of nitrogens with one attached hydrogen (secondary N) is 2. The number of amides is 2. The van der Waals surface area contributed by atoms with Crippen molar-refractivity contribution in [3.63, 3.8) is 0 Å². The third kappa shape index (κ3) is 7.37. The molecule has 1 aromatic carbocycles. The van der Waals surface area contributed by atoms with Crippen LogP contribution in [0.4, 0.5) is 4.79 Å². The third-order valence-corrected chi connectivity index (χ3v) is 4.44. The maximum atomic E-state index is 13.0. The molecule has 7 nitrogen and oxygen atoms in total. The first-order valence-corrected chi connectivity index (χ1v) is 9.65. The minimum Gasteiger partial charge on any atom is -0.465 e. The quantitative estimate of drug-likeness (QED) is 0.534. The van der Waals surface area contributed by atoms with Crippen LogP contribution in [0.5, 0.6) is 0 Å². The van der Waals surface area contributed by atoms with Gasteiger partial charge in [-0.3, -0.25) is 14.6 Å². The van der Waals surface area contributed by atoms with E-state index in [2.05, 4.69) is 15.6 Å². The van der Waals surface area contributed by atoms with Gasteiger partial charge in [-0.05, 0) is 42.9 Å². The standard InChI is InChI=1S/C22H27N3O4/c1-15(2)14-19(25-22(28)29)21(27)24-18(12-11-16-8-4-3-5-9-16)20(26)17-10-6-7-13-23-17/h3-10,13,15,18-19,25H,11-12,14H2,1-2H3,(H,24,27)(H,28,29). The normalized spacial score (nSPS) is 12.8. The highest BCUT2D eigenvalue weighted by molar-refractivity contribution is 6.01. The molecule has 0 aliphatic carbocycles. The summed E-state index contributed by atoms with van der Waals surface area (Å²) in [7, 11) is 0. The Kier molecular flexibility index (Phi) is 8.33. The smallest absolute Gasteiger partial charge is 0.405 e. The first kappa shape index (κ1) is 22.1. The average Bonchev–Trinajstić information content (AvgIpc) is 2.70. The first-order chi connectivity index (χ1) is 13.9. The van der Waals surface area contributed by atoms with Gasteiger partial charge in [0.25, 0.3) is 0 Å². The summed E-state index contributed by atoms with van der Waals surface area (Å²) >= 11 is 0. The summed E-state index contributed by atoms with van der Waals surface area (Å²) in [6, 6.07) is 13.0. The van der Waals surface area contributed by atoms with Gasteiger partial charge in [0, 0.05) is 6.20 Å². The summed E-state index contributed by atoms with van der Waals surface area (Å²) in [4.78, 5) is 40.9. The molecule has 2 unspecified atom stereocenters. The zero-order valence-electron chi connectivity index (χ0n) is 16.7. The van der Waals surface area contributed by atoms with Crippen LogP contribution in [0.25, 0.3) is 0 Å². The van der Waals surface area contributed by atoms with Crippen molar-refractivity contribution in [1.82, 2.24) is 15.6 Å². The number of carbonyl (C=O) groups is 3. The lowest BCUT2D eigenvalue weighted by Crippen LogP contribution is -2.52. The second-order valence-corrected chi connectivity index (χ2v) is 7.30. The Bertz CT molecular complexity index is 809. The summed E-state index contributed by atoms with van der Waals surface area (Å²) in [5, 5.41) is 14.0. The molecule has 3 N–H and O–H groups in total. The molecule has 154 valence electrons. The Balaban J connectivity index is 2.17. The highest BCUT2D eigenvalue weighted by atomic mass is 16.4. The van der Waals surface area contributed by atoms with Gasteiger partial charge in [0.1, 0.15) is 11.7 Å². The predicted octanol–water partition coefficient (Wildman–Crippen LogP) is 3.06. The molecule has 1 aromatic heterocycles. The van der Waals surface area contributed by atoms with Crippen LogP contribution in [0.15, 0.2) is 54.7 Å². The van der Waals surface area contributed by atoms with Crippen LogP contribution in [0.3, 0.4) is 0 Å². The Morgan fingerprint density at radius 3 is 2.24 bits per heavy atom. The zero-order valence-corrected chi connectivity index (χ0v) is 16.7. The Morgan fingerprint density at radius 2 is 1.66 bits per heavy atom. The molecule has 29 heavy (non-hydrogen) atoms. The number of benzene rings is 1. The van der Waals surface area contributed by atoms with E-state index in [1.807, 2.05) is 44.2 Å². The number of nitrogens with zero attached hydrogens (tertiary/aromatic N) is 1. The molecular formula is C22H27N3O4. The van der Waals surface area contributed by atoms with Gasteiger partial charge >= 0.3 is 6.09 Å². The monoisotopic (exact) mass is 397 g/mol. The molecule has 0 aliphatic rings. The Labute approximate surface area is 170 Å². The maximum absolute atomic E-state index is 13.0. The fraction of sp³-hybridized carbons (Fsp3) is 0.364. The van der Waals surface area contributed by atoms with Gasteiger partial charge in [-0.2, -0.15) is 0 Å². The van der Waals surface area contributed by atoms with Crippen molar-refractivity contribution in [3.05, 3.63) is 66.0 Å². The van der Waals surface area contributed by atoms with Crippen molar-refractivity contribution in [2.24, 2.45) is 5.92 Å². The van der Waals surface area contributed by atoms with Crippen molar-refractivity contribution < 1.29 is 19.5 Å². The van der Waals surface area contributed by atoms with Gasteiger partial charge in [0.05, 0.1) is 6.04 Å². The van der Waals surface area contributed by atoms with E-state index < -0.39 is 24.1 Å². The van der Waals surface area contributed by atoms with E-state index in [-0.39, 0.29) is 17.4 Å². The summed E-state index contributed by atoms with van der Waals surface area (Å²) < 4.78 is 0. The molecule has 0 saturated carbocycles. The molecule has 0 fully saturated rings. The van der Waals surface area contributed by atoms with E-state index >= 15 is 0 Å². The van der Waals surface area contributed by atoms with Gasteiger partial charge in [-0.25, -0.2) is 4.79 Å². The minimum atomic E-state index is -1.28. The topological polar surface area (TPSA) is 108 Å². The molecule has 0 bridgehead atoms. The largest absolute Gasteiger partial charge is 0.465 e. The predicted molar refractivity (Wildman–Crippen MR) is 110 cm³/mol. The number of aryl methyl sites for hydroxylation is 1. The number of Topliss-reactive ketones (excluding diaryl/α,β-unsaturated/α-hetero) is 1. The molecule has 1 heterocycles. The number of aromatic nitrogens is 1. The molecule has 2 aromatic rings. The van der Waals surface area contributed by atoms with E-state index in [9.17, 15) is 14.4 Å². The maximum Gasteiger partial charge on any atom is 0.405 e. The summed E-state index contributed by atoms with van der Waals surface area (Å²) in [5.74, 6) is -0.705. The number of carboxylic acid groups (broad SMARTS) is 1. The molecule has 2 amide bonds. The fourth-order valence-corrected chi connectivity index (χ4v) is 3.04. The lowest BCUT2D eigenvalue weighted by molar-refractivity contribution is -0.123. The summed E-state index contributed by atoms with van der Waals surface area (Å²) in [5.41, 5.74) is 1.31. The van der Waals surface area contributed by atoms with Crippen molar-refractivity contribution in [2.45, 2.75) is 45.2 Å². The van der Waals surface area contributed by atoms with Crippen molar-refractivity contribution in [3.8, 4) is 0 Å². The molecule has 0 saturated heterocycles. The Morgan fingerprint density at radius 1 is 0.966 bits per heavy atom. The second-order valence-electron chi connectivity index (χ2n) is 7.30. The lowest BCUT2D eigenvalue weighted by Gasteiger charge is -2.23. The van der Waals surface area contributed by atoms with Crippen LogP contribution in [0.2, 0.25) is 0 Å². The Hall–Kier alpha value is -3.22. The van der Waals surface area contributed by atoms with Gasteiger partial charge in [0.15, 0.2) is 0 Å². The van der Waals surface area contributed by atoms with Gasteiger partial charge in [-0.15, -0.1) is 0 Å². The summed E-state index contributed by atoms with van der Waals surface area (Å²) in [6.07, 6.45) is 1.55. The number of ketones is 1. The SMILES string of the molecule is CC(C)CC(NC(=O)O)C(=O)NC(CCc1ccccc1)C(=O)c1ccccn1. The molecule has 2 rings (SSSR count). The van der Waals surface area contributed by atoms with Gasteiger partial charge in [-0.1, -0.05) is 50.2 Å². The van der Waals surface area contributed by atoms with Crippen molar-refractivity contribution in [1.29, 1.82) is 0 Å². The minimum absolute atomic E-state index is 0.104. The lowest BCUT2D eigenvalue weighted by atomic mass is 9.98. The van der Waals surface area contributed by atoms with Crippen LogP contribution >= 0.6 is 0 Å². The van der Waals surface area contributed by atoms with Gasteiger partial charge in [0.2, 0.25) is 11.7 Å². The van der Waals surface area contributed by atoms with E-state index in [0.717, 1.165) is 5.56 Å². The molecular weight excluding hydrogens is 370 g/mol. The van der Waals surface area contributed by atoms with Crippen LogP contribution in [0, 0.1) is 5.92 Å². The number of hydrogen-bond acceptors (Lipinski definition) is 4. The number of carbonyl (C=O) groups excluding carboxylic acids is 2. The van der Waals surface area contributed by atoms with Crippen molar-refractivity contribution in [2.75, 3.05) is 0 Å². The number of rotatable bonds is 10. The molecule has 0 radical (unpaired) electrons. The molecule has 2 atom stereocenters.